The van der Waals surface area contributed by atoms with E-state index in [1.807, 2.05) is 49.3 Å². The highest BCUT2D eigenvalue weighted by atomic mass is 32.1. The number of carbonyl (C=O) groups is 2. The van der Waals surface area contributed by atoms with E-state index in [9.17, 15) is 9.59 Å². The number of nitrogens with zero attached hydrogens (tertiary/aromatic N) is 2. The van der Waals surface area contributed by atoms with E-state index in [0.29, 0.717) is 35.9 Å². The van der Waals surface area contributed by atoms with Crippen molar-refractivity contribution in [3.8, 4) is 17.2 Å². The van der Waals surface area contributed by atoms with Crippen molar-refractivity contribution in [2.45, 2.75) is 46.3 Å². The van der Waals surface area contributed by atoms with E-state index < -0.39 is 0 Å². The molecule has 36 heavy (non-hydrogen) atoms. The summed E-state index contributed by atoms with van der Waals surface area (Å²) in [5.41, 5.74) is 2.62. The highest BCUT2D eigenvalue weighted by Crippen LogP contribution is 2.33. The standard InChI is InChI=1S/C28H32N2O5S/c1-5-20(3)30(28(32)22-7-9-23(33-4)10-8-22)17-27(31)29(16-26-19(2)12-13-36-26)15-21-6-11-24-25(14-21)35-18-34-24/h6-14,20H,5,15-18H2,1-4H3. The largest absolute Gasteiger partial charge is 0.497 e. The van der Waals surface area contributed by atoms with Crippen molar-refractivity contribution in [3.63, 3.8) is 0 Å². The van der Waals surface area contributed by atoms with Gasteiger partial charge in [-0.1, -0.05) is 13.0 Å². The van der Waals surface area contributed by atoms with Crippen LogP contribution >= 0.6 is 11.3 Å². The van der Waals surface area contributed by atoms with Crippen molar-refractivity contribution >= 4 is 23.2 Å². The van der Waals surface area contributed by atoms with Gasteiger partial charge in [0.2, 0.25) is 12.7 Å². The zero-order valence-corrected chi connectivity index (χ0v) is 22.0. The first kappa shape index (κ1) is 25.6. The van der Waals surface area contributed by atoms with Crippen LogP contribution in [0.15, 0.2) is 53.9 Å². The Morgan fingerprint density at radius 2 is 1.81 bits per heavy atom. The molecule has 190 valence electrons. The lowest BCUT2D eigenvalue weighted by atomic mass is 10.1. The Morgan fingerprint density at radius 3 is 2.47 bits per heavy atom. The summed E-state index contributed by atoms with van der Waals surface area (Å²) >= 11 is 1.63. The molecule has 0 fully saturated rings. The van der Waals surface area contributed by atoms with E-state index in [1.54, 1.807) is 47.6 Å². The molecule has 0 spiro atoms. The Bertz CT molecular complexity index is 1210. The first-order chi connectivity index (χ1) is 17.4. The normalized spacial score (nSPS) is 12.8. The zero-order chi connectivity index (χ0) is 25.7. The number of hydrogen-bond donors (Lipinski definition) is 0. The molecule has 0 bridgehead atoms. The minimum atomic E-state index is -0.171. The van der Waals surface area contributed by atoms with E-state index in [1.165, 1.54) is 0 Å². The molecule has 1 aliphatic rings. The van der Waals surface area contributed by atoms with Crippen LogP contribution in [0.2, 0.25) is 0 Å². The third kappa shape index (κ3) is 5.82. The van der Waals surface area contributed by atoms with Gasteiger partial charge in [0, 0.05) is 23.0 Å². The van der Waals surface area contributed by atoms with Crippen LogP contribution in [0, 0.1) is 6.92 Å². The summed E-state index contributed by atoms with van der Waals surface area (Å²) in [4.78, 5) is 31.8. The maximum Gasteiger partial charge on any atom is 0.254 e. The number of aryl methyl sites for hydroxylation is 1. The van der Waals surface area contributed by atoms with Crippen molar-refractivity contribution in [1.29, 1.82) is 0 Å². The molecule has 2 heterocycles. The lowest BCUT2D eigenvalue weighted by Gasteiger charge is -2.31. The van der Waals surface area contributed by atoms with Gasteiger partial charge in [-0.15, -0.1) is 11.3 Å². The van der Waals surface area contributed by atoms with Crippen LogP contribution in [0.3, 0.4) is 0 Å². The first-order valence-electron chi connectivity index (χ1n) is 12.0. The fourth-order valence-corrected chi connectivity index (χ4v) is 4.95. The summed E-state index contributed by atoms with van der Waals surface area (Å²) < 4.78 is 16.2. The van der Waals surface area contributed by atoms with Crippen LogP contribution in [0.5, 0.6) is 17.2 Å². The van der Waals surface area contributed by atoms with Gasteiger partial charge in [-0.2, -0.15) is 0 Å². The Balaban J connectivity index is 1.57. The maximum atomic E-state index is 13.7. The molecule has 0 radical (unpaired) electrons. The predicted octanol–water partition coefficient (Wildman–Crippen LogP) is 5.26. The molecule has 3 aromatic rings. The van der Waals surface area contributed by atoms with Gasteiger partial charge in [0.1, 0.15) is 12.3 Å². The Labute approximate surface area is 216 Å². The number of hydrogen-bond acceptors (Lipinski definition) is 6. The molecule has 4 rings (SSSR count). The minimum Gasteiger partial charge on any atom is -0.497 e. The number of ether oxygens (including phenoxy) is 3. The van der Waals surface area contributed by atoms with Gasteiger partial charge in [0.05, 0.1) is 13.7 Å². The summed E-state index contributed by atoms with van der Waals surface area (Å²) in [6, 6.07) is 14.7. The topological polar surface area (TPSA) is 68.3 Å². The van der Waals surface area contributed by atoms with E-state index in [-0.39, 0.29) is 31.2 Å². The van der Waals surface area contributed by atoms with Crippen LogP contribution in [0.1, 0.15) is 46.6 Å². The zero-order valence-electron chi connectivity index (χ0n) is 21.2. The third-order valence-corrected chi connectivity index (χ3v) is 7.50. The second kappa shape index (κ2) is 11.5. The number of rotatable bonds is 10. The van der Waals surface area contributed by atoms with Gasteiger partial charge < -0.3 is 24.0 Å². The molecule has 0 aliphatic carbocycles. The smallest absolute Gasteiger partial charge is 0.254 e. The van der Waals surface area contributed by atoms with Gasteiger partial charge >= 0.3 is 0 Å². The fraction of sp³-hybridized carbons (Fsp3) is 0.357. The third-order valence-electron chi connectivity index (χ3n) is 6.49. The van der Waals surface area contributed by atoms with Crippen LogP contribution in [0.25, 0.3) is 0 Å². The van der Waals surface area contributed by atoms with Crippen LogP contribution in [0.4, 0.5) is 0 Å². The molecule has 2 aromatic carbocycles. The second-order valence-corrected chi connectivity index (χ2v) is 9.88. The van der Waals surface area contributed by atoms with Gasteiger partial charge in [-0.05, 0) is 79.2 Å². The van der Waals surface area contributed by atoms with Crippen molar-refractivity contribution < 1.29 is 23.8 Å². The molecule has 2 amide bonds. The molecule has 1 aliphatic heterocycles. The Morgan fingerprint density at radius 1 is 1.06 bits per heavy atom. The number of methoxy groups -OCH3 is 1. The second-order valence-electron chi connectivity index (χ2n) is 8.88. The van der Waals surface area contributed by atoms with Gasteiger partial charge in [0.15, 0.2) is 11.5 Å². The molecular weight excluding hydrogens is 476 g/mol. The monoisotopic (exact) mass is 508 g/mol. The molecular formula is C28H32N2O5S. The first-order valence-corrected chi connectivity index (χ1v) is 12.9. The van der Waals surface area contributed by atoms with Gasteiger partial charge in [-0.3, -0.25) is 9.59 Å². The Kier molecular flexibility index (Phi) is 8.15. The average molecular weight is 509 g/mol. The van der Waals surface area contributed by atoms with Crippen molar-refractivity contribution in [2.75, 3.05) is 20.4 Å². The average Bonchev–Trinajstić information content (AvgIpc) is 3.54. The molecule has 1 atom stereocenters. The predicted molar refractivity (Wildman–Crippen MR) is 140 cm³/mol. The molecule has 8 heteroatoms. The molecule has 1 aromatic heterocycles. The molecule has 0 N–H and O–H groups in total. The van der Waals surface area contributed by atoms with Crippen molar-refractivity contribution in [2.24, 2.45) is 0 Å². The van der Waals surface area contributed by atoms with Crippen LogP contribution in [-0.2, 0) is 17.9 Å². The molecule has 7 nitrogen and oxygen atoms in total. The van der Waals surface area contributed by atoms with Gasteiger partial charge in [0.25, 0.3) is 5.91 Å². The number of amides is 2. The highest BCUT2D eigenvalue weighted by Gasteiger charge is 2.27. The number of fused-ring (bicyclic) bond motifs is 1. The Hall–Kier alpha value is -3.52. The van der Waals surface area contributed by atoms with E-state index >= 15 is 0 Å². The summed E-state index contributed by atoms with van der Waals surface area (Å²) in [5, 5.41) is 2.03. The van der Waals surface area contributed by atoms with E-state index in [2.05, 4.69) is 6.07 Å². The summed E-state index contributed by atoms with van der Waals surface area (Å²) in [7, 11) is 1.59. The van der Waals surface area contributed by atoms with E-state index in [4.69, 9.17) is 14.2 Å². The maximum absolute atomic E-state index is 13.7. The highest BCUT2D eigenvalue weighted by molar-refractivity contribution is 7.10. The van der Waals surface area contributed by atoms with Crippen molar-refractivity contribution in [1.82, 2.24) is 9.80 Å². The quantitative estimate of drug-likeness (QED) is 0.374. The lowest BCUT2D eigenvalue weighted by molar-refractivity contribution is -0.133. The SMILES string of the molecule is CCC(C)N(CC(=O)N(Cc1ccc2c(c1)OCO2)Cc1sccc1C)C(=O)c1ccc(OC)cc1. The number of benzene rings is 2. The van der Waals surface area contributed by atoms with Crippen LogP contribution < -0.4 is 14.2 Å². The van der Waals surface area contributed by atoms with Gasteiger partial charge in [-0.25, -0.2) is 0 Å². The van der Waals surface area contributed by atoms with Crippen LogP contribution in [-0.4, -0.2) is 48.1 Å². The molecule has 0 saturated heterocycles. The summed E-state index contributed by atoms with van der Waals surface area (Å²) in [5.74, 6) is 1.79. The van der Waals surface area contributed by atoms with Crippen molar-refractivity contribution in [3.05, 3.63) is 75.5 Å². The van der Waals surface area contributed by atoms with E-state index in [0.717, 1.165) is 22.4 Å². The molecule has 0 saturated carbocycles. The summed E-state index contributed by atoms with van der Waals surface area (Å²) in [6.45, 7) is 7.11. The lowest BCUT2D eigenvalue weighted by Crippen LogP contribution is -2.46. The number of carbonyl (C=O) groups excluding carboxylic acids is 2. The molecule has 1 unspecified atom stereocenters. The number of thiophene rings is 1. The fourth-order valence-electron chi connectivity index (χ4n) is 4.02. The summed E-state index contributed by atoms with van der Waals surface area (Å²) in [6.07, 6.45) is 0.737. The minimum absolute atomic E-state index is 0.00512.